The number of aromatic nitrogens is 1. The molecule has 16 heavy (non-hydrogen) atoms. The summed E-state index contributed by atoms with van der Waals surface area (Å²) < 4.78 is 0. The first-order chi connectivity index (χ1) is 7.79. The van der Waals surface area contributed by atoms with Crippen molar-refractivity contribution in [1.82, 2.24) is 4.98 Å². The molecule has 1 heterocycles. The Morgan fingerprint density at radius 2 is 1.88 bits per heavy atom. The van der Waals surface area contributed by atoms with Crippen LogP contribution in [0.3, 0.4) is 0 Å². The lowest BCUT2D eigenvalue weighted by Crippen LogP contribution is -1.87. The van der Waals surface area contributed by atoms with Gasteiger partial charge in [0.15, 0.2) is 0 Å². The van der Waals surface area contributed by atoms with Crippen molar-refractivity contribution in [2.75, 3.05) is 0 Å². The number of benzene rings is 1. The first kappa shape index (κ1) is 10.4. The number of pyridine rings is 1. The molecule has 1 aromatic heterocycles. The fraction of sp³-hybridized carbons (Fsp3) is 0.143. The van der Waals surface area contributed by atoms with Gasteiger partial charge >= 0.3 is 0 Å². The zero-order chi connectivity index (χ0) is 11.4. The lowest BCUT2D eigenvalue weighted by Gasteiger charge is -2.02. The summed E-state index contributed by atoms with van der Waals surface area (Å²) in [5.74, 6) is 0. The van der Waals surface area contributed by atoms with Crippen molar-refractivity contribution >= 4 is 0 Å². The SMILES string of the molecule is Cc1cccc(-c2ccc(CC#N)cc2)n1. The average molecular weight is 208 g/mol. The van der Waals surface area contributed by atoms with Gasteiger partial charge in [0, 0.05) is 11.3 Å². The third-order valence-corrected chi connectivity index (χ3v) is 2.42. The van der Waals surface area contributed by atoms with E-state index < -0.39 is 0 Å². The summed E-state index contributed by atoms with van der Waals surface area (Å²) in [6.45, 7) is 1.98. The Morgan fingerprint density at radius 3 is 2.50 bits per heavy atom. The highest BCUT2D eigenvalue weighted by Crippen LogP contribution is 2.17. The third kappa shape index (κ3) is 2.26. The Labute approximate surface area is 95.2 Å². The molecule has 0 unspecified atom stereocenters. The Morgan fingerprint density at radius 1 is 1.12 bits per heavy atom. The van der Waals surface area contributed by atoms with Gasteiger partial charge < -0.3 is 0 Å². The number of rotatable bonds is 2. The summed E-state index contributed by atoms with van der Waals surface area (Å²) in [6.07, 6.45) is 0.460. The van der Waals surface area contributed by atoms with Crippen LogP contribution in [0.2, 0.25) is 0 Å². The lowest BCUT2D eigenvalue weighted by molar-refractivity contribution is 1.20. The van der Waals surface area contributed by atoms with E-state index in [4.69, 9.17) is 5.26 Å². The molecule has 0 saturated heterocycles. The van der Waals surface area contributed by atoms with Crippen molar-refractivity contribution in [3.05, 3.63) is 53.7 Å². The van der Waals surface area contributed by atoms with E-state index in [0.29, 0.717) is 6.42 Å². The molecule has 0 atom stereocenters. The minimum atomic E-state index is 0.460. The van der Waals surface area contributed by atoms with Crippen molar-refractivity contribution in [3.8, 4) is 17.3 Å². The van der Waals surface area contributed by atoms with Gasteiger partial charge in [-0.1, -0.05) is 30.3 Å². The van der Waals surface area contributed by atoms with Gasteiger partial charge in [-0.2, -0.15) is 5.26 Å². The fourth-order valence-electron chi connectivity index (χ4n) is 1.59. The van der Waals surface area contributed by atoms with Gasteiger partial charge in [-0.3, -0.25) is 4.98 Å². The highest BCUT2D eigenvalue weighted by molar-refractivity contribution is 5.59. The minimum Gasteiger partial charge on any atom is -0.253 e. The van der Waals surface area contributed by atoms with Gasteiger partial charge in [0.2, 0.25) is 0 Å². The molecule has 0 amide bonds. The largest absolute Gasteiger partial charge is 0.253 e. The van der Waals surface area contributed by atoms with Crippen LogP contribution in [0.15, 0.2) is 42.5 Å². The second-order valence-corrected chi connectivity index (χ2v) is 3.70. The zero-order valence-corrected chi connectivity index (χ0v) is 9.14. The van der Waals surface area contributed by atoms with Crippen molar-refractivity contribution in [1.29, 1.82) is 5.26 Å². The molecule has 0 fully saturated rings. The molecule has 0 N–H and O–H groups in total. The molecule has 2 heteroatoms. The van der Waals surface area contributed by atoms with E-state index in [1.165, 1.54) is 0 Å². The number of hydrogen-bond donors (Lipinski definition) is 0. The first-order valence-electron chi connectivity index (χ1n) is 5.19. The van der Waals surface area contributed by atoms with Crippen molar-refractivity contribution < 1.29 is 0 Å². The molecule has 1 aromatic carbocycles. The van der Waals surface area contributed by atoms with Crippen LogP contribution in [0.1, 0.15) is 11.3 Å². The molecule has 78 valence electrons. The van der Waals surface area contributed by atoms with Gasteiger partial charge in [0.1, 0.15) is 0 Å². The predicted molar refractivity (Wildman–Crippen MR) is 63.7 cm³/mol. The van der Waals surface area contributed by atoms with Crippen LogP contribution in [0.5, 0.6) is 0 Å². The Balaban J connectivity index is 2.32. The van der Waals surface area contributed by atoms with Crippen molar-refractivity contribution in [2.45, 2.75) is 13.3 Å². The average Bonchev–Trinajstić information content (AvgIpc) is 2.30. The van der Waals surface area contributed by atoms with Crippen molar-refractivity contribution in [3.63, 3.8) is 0 Å². The normalized spacial score (nSPS) is 9.75. The van der Waals surface area contributed by atoms with E-state index in [1.54, 1.807) is 0 Å². The fourth-order valence-corrected chi connectivity index (χ4v) is 1.59. The van der Waals surface area contributed by atoms with Crippen LogP contribution in [-0.2, 0) is 6.42 Å². The van der Waals surface area contributed by atoms with Crippen LogP contribution < -0.4 is 0 Å². The number of nitriles is 1. The highest BCUT2D eigenvalue weighted by Gasteiger charge is 1.99. The monoisotopic (exact) mass is 208 g/mol. The number of hydrogen-bond acceptors (Lipinski definition) is 2. The molecule has 0 aliphatic heterocycles. The summed E-state index contributed by atoms with van der Waals surface area (Å²) in [5, 5.41) is 8.58. The quantitative estimate of drug-likeness (QED) is 0.760. The maximum atomic E-state index is 8.58. The maximum Gasteiger partial charge on any atom is 0.0705 e. The molecule has 0 radical (unpaired) electrons. The summed E-state index contributed by atoms with van der Waals surface area (Å²) in [5.41, 5.74) is 4.12. The van der Waals surface area contributed by atoms with E-state index in [9.17, 15) is 0 Å². The Hall–Kier alpha value is -2.14. The summed E-state index contributed by atoms with van der Waals surface area (Å²) >= 11 is 0. The molecule has 0 saturated carbocycles. The number of aryl methyl sites for hydroxylation is 1. The van der Waals surface area contributed by atoms with Gasteiger partial charge in [0.05, 0.1) is 18.2 Å². The number of nitrogens with zero attached hydrogens (tertiary/aromatic N) is 2. The molecule has 2 rings (SSSR count). The topological polar surface area (TPSA) is 36.7 Å². The van der Waals surface area contributed by atoms with Gasteiger partial charge in [-0.25, -0.2) is 0 Å². The van der Waals surface area contributed by atoms with Crippen LogP contribution in [0.25, 0.3) is 11.3 Å². The molecule has 0 spiro atoms. The maximum absolute atomic E-state index is 8.58. The minimum absolute atomic E-state index is 0.460. The van der Waals surface area contributed by atoms with Gasteiger partial charge in [-0.05, 0) is 24.6 Å². The molecular formula is C14H12N2. The molecule has 0 aliphatic rings. The Bertz CT molecular complexity index is 521. The standard InChI is InChI=1S/C14H12N2/c1-11-3-2-4-14(16-11)13-7-5-12(6-8-13)9-10-15/h2-8H,9H2,1H3. The van der Waals surface area contributed by atoms with Gasteiger partial charge in [0.25, 0.3) is 0 Å². The summed E-state index contributed by atoms with van der Waals surface area (Å²) in [6, 6.07) is 16.1. The van der Waals surface area contributed by atoms with Crippen molar-refractivity contribution in [2.24, 2.45) is 0 Å². The molecular weight excluding hydrogens is 196 g/mol. The second kappa shape index (κ2) is 4.59. The van der Waals surface area contributed by atoms with Gasteiger partial charge in [-0.15, -0.1) is 0 Å². The molecule has 2 aromatic rings. The van der Waals surface area contributed by atoms with Crippen LogP contribution >= 0.6 is 0 Å². The zero-order valence-electron chi connectivity index (χ0n) is 9.14. The van der Waals surface area contributed by atoms with Crippen LogP contribution in [0.4, 0.5) is 0 Å². The van der Waals surface area contributed by atoms with E-state index in [0.717, 1.165) is 22.5 Å². The van der Waals surface area contributed by atoms with E-state index in [-0.39, 0.29) is 0 Å². The van der Waals surface area contributed by atoms with E-state index >= 15 is 0 Å². The third-order valence-electron chi connectivity index (χ3n) is 2.42. The Kier molecular flexibility index (Phi) is 2.98. The lowest BCUT2D eigenvalue weighted by atomic mass is 10.1. The highest BCUT2D eigenvalue weighted by atomic mass is 14.7. The predicted octanol–water partition coefficient (Wildman–Crippen LogP) is 3.12. The van der Waals surface area contributed by atoms with Crippen LogP contribution in [0, 0.1) is 18.3 Å². The van der Waals surface area contributed by atoms with E-state index in [2.05, 4.69) is 11.1 Å². The molecule has 0 aliphatic carbocycles. The smallest absolute Gasteiger partial charge is 0.0705 e. The summed E-state index contributed by atoms with van der Waals surface area (Å²) in [4.78, 5) is 4.45. The van der Waals surface area contributed by atoms with E-state index in [1.807, 2.05) is 49.4 Å². The molecule has 0 bridgehead atoms. The summed E-state index contributed by atoms with van der Waals surface area (Å²) in [7, 11) is 0. The second-order valence-electron chi connectivity index (χ2n) is 3.70. The first-order valence-corrected chi connectivity index (χ1v) is 5.19. The van der Waals surface area contributed by atoms with Crippen LogP contribution in [-0.4, -0.2) is 4.98 Å². The molecule has 2 nitrogen and oxygen atoms in total.